The zero-order valence-electron chi connectivity index (χ0n) is 53.4. The monoisotopic (exact) mass is 1180 g/mol. The van der Waals surface area contributed by atoms with Crippen molar-refractivity contribution in [3.63, 3.8) is 0 Å². The Morgan fingerprint density at radius 3 is 1.13 bits per heavy atom. The third-order valence-corrected chi connectivity index (χ3v) is 25.4. The molecule has 2 heterocycles. The SMILES string of the molecule is CC1C2CC(C(=O)OC3CCOC3=O)C(C2)C1C.CC1C2CC(C(=O)OCCO)C(C2)C1C.CC1C2CC(CC3CCOC3=O)C(C2)C1C.COCCOC(=O)C1CC2CC1C(C)C2C.COCCOCCOC(=O)C1CC2CC1C(C)C2C. The van der Waals surface area contributed by atoms with E-state index in [9.17, 15) is 28.8 Å². The predicted molar refractivity (Wildman–Crippen MR) is 314 cm³/mol. The molecule has 10 bridgehead atoms. The molecule has 84 heavy (non-hydrogen) atoms. The van der Waals surface area contributed by atoms with E-state index in [0.717, 1.165) is 116 Å². The average Bonchev–Trinajstić information content (AvgIpc) is 4.20. The van der Waals surface area contributed by atoms with Gasteiger partial charge in [0.05, 0.1) is 75.8 Å². The number of carbonyl (C=O) groups excluding carboxylic acids is 6. The smallest absolute Gasteiger partial charge is 0.347 e. The fraction of sp³-hybridized carbons (Fsp3) is 0.912. The van der Waals surface area contributed by atoms with Crippen LogP contribution in [-0.4, -0.2) is 127 Å². The number of methoxy groups -OCH3 is 2. The van der Waals surface area contributed by atoms with Gasteiger partial charge >= 0.3 is 35.8 Å². The highest BCUT2D eigenvalue weighted by Crippen LogP contribution is 2.59. The van der Waals surface area contributed by atoms with Crippen molar-refractivity contribution in [1.29, 1.82) is 0 Å². The molecule has 0 aromatic carbocycles. The third-order valence-electron chi connectivity index (χ3n) is 25.4. The van der Waals surface area contributed by atoms with Gasteiger partial charge in [-0.05, 0) is 201 Å². The Morgan fingerprint density at radius 1 is 0.417 bits per heavy atom. The first kappa shape index (κ1) is 66.6. The van der Waals surface area contributed by atoms with Crippen LogP contribution in [0, 0.1) is 154 Å². The molecule has 2 aliphatic heterocycles. The normalized spacial score (nSPS) is 43.5. The van der Waals surface area contributed by atoms with E-state index in [4.69, 9.17) is 47.7 Å². The van der Waals surface area contributed by atoms with Crippen LogP contribution in [0.4, 0.5) is 0 Å². The Morgan fingerprint density at radius 2 is 0.774 bits per heavy atom. The zero-order chi connectivity index (χ0) is 60.7. The van der Waals surface area contributed by atoms with Crippen molar-refractivity contribution in [3.8, 4) is 0 Å². The molecule has 0 amide bonds. The minimum Gasteiger partial charge on any atom is -0.465 e. The average molecular weight is 1180 g/mol. The van der Waals surface area contributed by atoms with Gasteiger partial charge in [0.15, 0.2) is 0 Å². The first-order valence-electron chi connectivity index (χ1n) is 33.4. The highest BCUT2D eigenvalue weighted by Gasteiger charge is 2.56. The minimum absolute atomic E-state index is 0.00306. The molecule has 0 aromatic rings. The summed E-state index contributed by atoms with van der Waals surface area (Å²) in [4.78, 5) is 70.6. The van der Waals surface area contributed by atoms with Crippen molar-refractivity contribution < 1.29 is 76.5 Å². The summed E-state index contributed by atoms with van der Waals surface area (Å²) in [6, 6.07) is 0. The Kier molecular flexibility index (Phi) is 24.0. The fourth-order valence-corrected chi connectivity index (χ4v) is 19.3. The van der Waals surface area contributed by atoms with Crippen LogP contribution in [0.1, 0.15) is 153 Å². The van der Waals surface area contributed by atoms with Gasteiger partial charge in [0.2, 0.25) is 6.10 Å². The van der Waals surface area contributed by atoms with Crippen LogP contribution < -0.4 is 0 Å². The molecule has 1 N–H and O–H groups in total. The van der Waals surface area contributed by atoms with Crippen molar-refractivity contribution in [2.75, 3.05) is 80.3 Å². The number of esters is 6. The summed E-state index contributed by atoms with van der Waals surface area (Å²) in [5, 5.41) is 8.61. The third kappa shape index (κ3) is 15.0. The summed E-state index contributed by atoms with van der Waals surface area (Å²) in [7, 11) is 3.26. The highest BCUT2D eigenvalue weighted by molar-refractivity contribution is 5.82. The van der Waals surface area contributed by atoms with Gasteiger partial charge in [-0.25, -0.2) is 4.79 Å². The molecule has 10 saturated carbocycles. The van der Waals surface area contributed by atoms with E-state index in [0.29, 0.717) is 113 Å². The van der Waals surface area contributed by atoms with Gasteiger partial charge in [0.25, 0.3) is 0 Å². The van der Waals surface area contributed by atoms with Gasteiger partial charge in [0, 0.05) is 20.6 Å². The van der Waals surface area contributed by atoms with E-state index in [1.54, 1.807) is 14.2 Å². The number of hydrogen-bond acceptors (Lipinski definition) is 16. The number of carbonyl (C=O) groups is 6. The van der Waals surface area contributed by atoms with E-state index in [2.05, 4.69) is 69.2 Å². The van der Waals surface area contributed by atoms with Gasteiger partial charge in [-0.1, -0.05) is 69.2 Å². The van der Waals surface area contributed by atoms with Gasteiger partial charge in [0.1, 0.15) is 19.8 Å². The number of ether oxygens (including phenoxy) is 9. The Hall–Kier alpha value is -3.34. The predicted octanol–water partition coefficient (Wildman–Crippen LogP) is 10.3. The molecule has 0 aromatic heterocycles. The molecule has 12 aliphatic rings. The standard InChI is InChI=1S/C15H26O4.C14H20O4.C14H22O2.C13H22O3.C12H20O3/c1-10-11(2)13-8-12(10)9-14(13)15(16)19-7-6-18-5-4-17-3;1-7-8(2)10-5-9(7)6-11(10)13(15)18-12-3-4-17-14(12)16;1-8-9(2)13-7-11(8)6-12(13)5-10-3-4-16-14(10)15;1-8-9(2)11-6-10(8)7-12(11)13(14)16-5-4-15-3;1-7-8(2)10-5-9(7)6-11(10)12(14)15-4-3-13/h10-14H,4-9H2,1-3H3;7-12H,3-6H2,1-2H3;8-13H,3-7H2,1-2H3;8-12H,4-7H2,1-3H3;7-11,13H,3-6H2,1-2H3. The van der Waals surface area contributed by atoms with Crippen molar-refractivity contribution >= 4 is 35.8 Å². The lowest BCUT2D eigenvalue weighted by molar-refractivity contribution is -0.165. The van der Waals surface area contributed by atoms with Crippen LogP contribution in [0.2, 0.25) is 0 Å². The van der Waals surface area contributed by atoms with E-state index in [-0.39, 0.29) is 78.6 Å². The van der Waals surface area contributed by atoms with E-state index in [1.165, 1.54) is 32.1 Å². The maximum atomic E-state index is 12.2. The molecule has 27 unspecified atom stereocenters. The van der Waals surface area contributed by atoms with Crippen molar-refractivity contribution in [1.82, 2.24) is 0 Å². The summed E-state index contributed by atoms with van der Waals surface area (Å²) in [5.41, 5.74) is 0. The Balaban J connectivity index is 0.000000137. The Labute approximate surface area is 503 Å². The van der Waals surface area contributed by atoms with Gasteiger partial charge in [-0.3, -0.25) is 24.0 Å². The summed E-state index contributed by atoms with van der Waals surface area (Å²) in [6.07, 6.45) is 13.5. The van der Waals surface area contributed by atoms with Crippen LogP contribution >= 0.6 is 0 Å². The molecular formula is C68H110O16. The van der Waals surface area contributed by atoms with Crippen molar-refractivity contribution in [3.05, 3.63) is 0 Å². The van der Waals surface area contributed by atoms with E-state index < -0.39 is 6.10 Å². The molecule has 12 fully saturated rings. The zero-order valence-corrected chi connectivity index (χ0v) is 53.4. The number of cyclic esters (lactones) is 2. The summed E-state index contributed by atoms with van der Waals surface area (Å²) in [6.45, 7) is 27.1. The van der Waals surface area contributed by atoms with Crippen LogP contribution in [0.3, 0.4) is 0 Å². The number of rotatable bonds is 18. The number of fused-ring (bicyclic) bond motifs is 10. The first-order valence-corrected chi connectivity index (χ1v) is 33.4. The molecule has 27 atom stereocenters. The minimum atomic E-state index is -0.649. The highest BCUT2D eigenvalue weighted by atomic mass is 16.6. The second-order valence-electron chi connectivity index (χ2n) is 28.8. The largest absolute Gasteiger partial charge is 0.465 e. The van der Waals surface area contributed by atoms with Crippen molar-refractivity contribution in [2.24, 2.45) is 154 Å². The molecule has 0 radical (unpaired) electrons. The van der Waals surface area contributed by atoms with Crippen LogP contribution in [0.15, 0.2) is 0 Å². The molecule has 12 rings (SSSR count). The fourth-order valence-electron chi connectivity index (χ4n) is 19.3. The number of hydrogen-bond donors (Lipinski definition) is 1. The topological polar surface area (TPSA) is 206 Å². The lowest BCUT2D eigenvalue weighted by atomic mass is 9.73. The molecule has 10 aliphatic carbocycles. The Bertz CT molecular complexity index is 2180. The molecule has 2 saturated heterocycles. The number of aliphatic hydroxyl groups excluding tert-OH is 1. The first-order chi connectivity index (χ1) is 40.2. The lowest BCUT2D eigenvalue weighted by Crippen LogP contribution is -2.34. The van der Waals surface area contributed by atoms with E-state index >= 15 is 0 Å². The maximum absolute atomic E-state index is 12.2. The van der Waals surface area contributed by atoms with Gasteiger partial charge in [-0.2, -0.15) is 0 Å². The molecule has 16 heteroatoms. The second kappa shape index (κ2) is 30.2. The number of aliphatic hydroxyl groups is 1. The molecule has 478 valence electrons. The maximum Gasteiger partial charge on any atom is 0.347 e. The molecular weight excluding hydrogens is 1070 g/mol. The second-order valence-corrected chi connectivity index (χ2v) is 28.8. The van der Waals surface area contributed by atoms with Crippen LogP contribution in [0.5, 0.6) is 0 Å². The van der Waals surface area contributed by atoms with E-state index in [1.807, 2.05) is 0 Å². The van der Waals surface area contributed by atoms with Gasteiger partial charge in [-0.15, -0.1) is 0 Å². The lowest BCUT2D eigenvalue weighted by Gasteiger charge is -2.32. The van der Waals surface area contributed by atoms with Gasteiger partial charge < -0.3 is 47.7 Å². The summed E-state index contributed by atoms with van der Waals surface area (Å²) < 4.78 is 45.8. The van der Waals surface area contributed by atoms with Crippen LogP contribution in [0.25, 0.3) is 0 Å². The molecule has 16 nitrogen and oxygen atoms in total. The summed E-state index contributed by atoms with van der Waals surface area (Å²) >= 11 is 0. The molecule has 0 spiro atoms. The quantitative estimate of drug-likeness (QED) is 0.0770. The van der Waals surface area contributed by atoms with Crippen molar-refractivity contribution in [2.45, 2.75) is 159 Å². The van der Waals surface area contributed by atoms with Crippen LogP contribution in [-0.2, 0) is 71.4 Å². The summed E-state index contributed by atoms with van der Waals surface area (Å²) in [5.74, 6) is 15.1.